The minimum Gasteiger partial charge on any atom is -0.733 e. The molecule has 1 aromatic heterocycles. The van der Waals surface area contributed by atoms with Gasteiger partial charge >= 0.3 is 0 Å². The number of hydrogen-bond donors (Lipinski definition) is 2. The predicted molar refractivity (Wildman–Crippen MR) is 75.9 cm³/mol. The highest BCUT2D eigenvalue weighted by Gasteiger charge is 2.13. The lowest BCUT2D eigenvalue weighted by atomic mass is 10.2. The Kier molecular flexibility index (Phi) is 3.71. The van der Waals surface area contributed by atoms with Crippen molar-refractivity contribution in [2.24, 2.45) is 0 Å². The van der Waals surface area contributed by atoms with E-state index in [0.29, 0.717) is 16.3 Å². The SMILES string of the molecule is Cc1sc(Nc2ccccc2N([O-])O)c(C#N)c1C. The molecule has 19 heavy (non-hydrogen) atoms. The molecule has 1 heterocycles. The van der Waals surface area contributed by atoms with Gasteiger partial charge < -0.3 is 15.8 Å². The van der Waals surface area contributed by atoms with Gasteiger partial charge in [-0.2, -0.15) is 5.26 Å². The minimum atomic E-state index is -0.193. The molecule has 0 unspecified atom stereocenters. The standard InChI is InChI=1S/C13H12N3O2S/c1-8-9(2)19-13(10(8)7-14)15-11-5-3-4-6-12(11)16(17)18/h3-6,15,17H,1-2H3/q-1. The van der Waals surface area contributed by atoms with E-state index in [0.717, 1.165) is 10.4 Å². The zero-order valence-electron chi connectivity index (χ0n) is 10.5. The second kappa shape index (κ2) is 5.28. The number of nitrogens with one attached hydrogen (secondary N) is 1. The van der Waals surface area contributed by atoms with Crippen molar-refractivity contribution in [1.82, 2.24) is 0 Å². The highest BCUT2D eigenvalue weighted by atomic mass is 32.1. The molecule has 2 N–H and O–H groups in total. The van der Waals surface area contributed by atoms with Gasteiger partial charge in [0.1, 0.15) is 11.1 Å². The van der Waals surface area contributed by atoms with Crippen molar-refractivity contribution < 1.29 is 5.21 Å². The monoisotopic (exact) mass is 274 g/mol. The Hall–Kier alpha value is -2.07. The van der Waals surface area contributed by atoms with Gasteiger partial charge in [-0.3, -0.25) is 5.21 Å². The average Bonchev–Trinajstić information content (AvgIpc) is 2.65. The fourth-order valence-electron chi connectivity index (χ4n) is 1.72. The predicted octanol–water partition coefficient (Wildman–Crippen LogP) is 3.67. The van der Waals surface area contributed by atoms with E-state index in [4.69, 9.17) is 10.5 Å². The van der Waals surface area contributed by atoms with E-state index in [9.17, 15) is 5.21 Å². The lowest BCUT2D eigenvalue weighted by Crippen LogP contribution is -2.09. The fourth-order valence-corrected chi connectivity index (χ4v) is 2.74. The third kappa shape index (κ3) is 2.53. The van der Waals surface area contributed by atoms with Crippen molar-refractivity contribution in [2.75, 3.05) is 10.5 Å². The van der Waals surface area contributed by atoms with Gasteiger partial charge in [0.15, 0.2) is 0 Å². The molecule has 0 saturated carbocycles. The maximum Gasteiger partial charge on any atom is 0.111 e. The van der Waals surface area contributed by atoms with E-state index in [2.05, 4.69) is 11.4 Å². The molecule has 0 atom stereocenters. The Morgan fingerprint density at radius 1 is 1.37 bits per heavy atom. The molecule has 0 aliphatic heterocycles. The first kappa shape index (κ1) is 13.4. The number of thiophene rings is 1. The van der Waals surface area contributed by atoms with E-state index in [1.54, 1.807) is 18.2 Å². The highest BCUT2D eigenvalue weighted by molar-refractivity contribution is 7.16. The van der Waals surface area contributed by atoms with Crippen LogP contribution in [0.5, 0.6) is 0 Å². The smallest absolute Gasteiger partial charge is 0.111 e. The van der Waals surface area contributed by atoms with Crippen molar-refractivity contribution in [3.8, 4) is 6.07 Å². The van der Waals surface area contributed by atoms with Crippen LogP contribution < -0.4 is 10.5 Å². The van der Waals surface area contributed by atoms with E-state index >= 15 is 0 Å². The normalized spacial score (nSPS) is 10.1. The number of nitriles is 1. The molecule has 98 valence electrons. The summed E-state index contributed by atoms with van der Waals surface area (Å²) in [6, 6.07) is 8.71. The highest BCUT2D eigenvalue weighted by Crippen LogP contribution is 2.36. The summed E-state index contributed by atoms with van der Waals surface area (Å²) < 4.78 is 0. The summed E-state index contributed by atoms with van der Waals surface area (Å²) in [5.74, 6) is 0. The molecule has 0 aliphatic carbocycles. The van der Waals surface area contributed by atoms with Crippen molar-refractivity contribution in [3.05, 3.63) is 45.5 Å². The van der Waals surface area contributed by atoms with E-state index in [1.807, 2.05) is 13.8 Å². The zero-order valence-corrected chi connectivity index (χ0v) is 11.3. The molecule has 6 heteroatoms. The Balaban J connectivity index is 2.43. The average molecular weight is 274 g/mol. The molecule has 2 rings (SSSR count). The van der Waals surface area contributed by atoms with Gasteiger partial charge in [-0.25, -0.2) is 0 Å². The van der Waals surface area contributed by atoms with Crippen LogP contribution in [0.25, 0.3) is 0 Å². The topological polar surface area (TPSA) is 82.3 Å². The van der Waals surface area contributed by atoms with Crippen molar-refractivity contribution in [1.29, 1.82) is 5.26 Å². The van der Waals surface area contributed by atoms with Gasteiger partial charge in [-0.05, 0) is 31.5 Å². The molecule has 5 nitrogen and oxygen atoms in total. The Morgan fingerprint density at radius 3 is 2.68 bits per heavy atom. The number of nitrogens with zero attached hydrogens (tertiary/aromatic N) is 2. The number of rotatable bonds is 3. The molecule has 0 spiro atoms. The molecule has 2 aromatic rings. The summed E-state index contributed by atoms with van der Waals surface area (Å²) in [5, 5.41) is 32.8. The van der Waals surface area contributed by atoms with Crippen LogP contribution in [-0.4, -0.2) is 5.21 Å². The van der Waals surface area contributed by atoms with Crippen molar-refractivity contribution >= 4 is 27.7 Å². The number of anilines is 3. The number of benzene rings is 1. The molecule has 0 saturated heterocycles. The van der Waals surface area contributed by atoms with Crippen LogP contribution in [0.1, 0.15) is 16.0 Å². The number of aryl methyl sites for hydroxylation is 1. The summed E-state index contributed by atoms with van der Waals surface area (Å²) >= 11 is 1.45. The Morgan fingerprint density at radius 2 is 2.05 bits per heavy atom. The minimum absolute atomic E-state index is 0.107. The summed E-state index contributed by atoms with van der Waals surface area (Å²) in [7, 11) is 0. The van der Waals surface area contributed by atoms with Gasteiger partial charge in [0.25, 0.3) is 0 Å². The van der Waals surface area contributed by atoms with Gasteiger partial charge in [0.05, 0.1) is 16.9 Å². The molecule has 0 amide bonds. The van der Waals surface area contributed by atoms with E-state index in [-0.39, 0.29) is 10.9 Å². The lowest BCUT2D eigenvalue weighted by molar-refractivity contribution is 0.297. The van der Waals surface area contributed by atoms with Crippen LogP contribution in [0.15, 0.2) is 24.3 Å². The molecule has 0 fully saturated rings. The van der Waals surface area contributed by atoms with Crippen LogP contribution in [0.2, 0.25) is 0 Å². The van der Waals surface area contributed by atoms with E-state index in [1.165, 1.54) is 17.4 Å². The fraction of sp³-hybridized carbons (Fsp3) is 0.154. The summed E-state index contributed by atoms with van der Waals surface area (Å²) in [4.78, 5) is 1.04. The van der Waals surface area contributed by atoms with Crippen molar-refractivity contribution in [2.45, 2.75) is 13.8 Å². The molecule has 0 bridgehead atoms. The Bertz CT molecular complexity index is 644. The van der Waals surface area contributed by atoms with Gasteiger partial charge in [-0.1, -0.05) is 12.1 Å². The van der Waals surface area contributed by atoms with Crippen LogP contribution in [-0.2, 0) is 0 Å². The third-order valence-electron chi connectivity index (χ3n) is 2.86. The Labute approximate surface area is 114 Å². The van der Waals surface area contributed by atoms with Gasteiger partial charge in [-0.15, -0.1) is 11.3 Å². The first-order valence-corrected chi connectivity index (χ1v) is 6.38. The largest absolute Gasteiger partial charge is 0.733 e. The quantitative estimate of drug-likeness (QED) is 0.834. The molecular weight excluding hydrogens is 262 g/mol. The molecular formula is C13H12N3O2S-. The maximum atomic E-state index is 11.1. The second-order valence-electron chi connectivity index (χ2n) is 4.01. The maximum absolute atomic E-state index is 11.1. The van der Waals surface area contributed by atoms with Gasteiger partial charge in [0.2, 0.25) is 0 Å². The van der Waals surface area contributed by atoms with Crippen LogP contribution in [0.3, 0.4) is 0 Å². The zero-order chi connectivity index (χ0) is 14.0. The van der Waals surface area contributed by atoms with Crippen LogP contribution in [0.4, 0.5) is 16.4 Å². The lowest BCUT2D eigenvalue weighted by Gasteiger charge is -2.24. The number of para-hydroxylation sites is 2. The first-order valence-electron chi connectivity index (χ1n) is 5.57. The van der Waals surface area contributed by atoms with E-state index < -0.39 is 0 Å². The van der Waals surface area contributed by atoms with Gasteiger partial charge in [0, 0.05) is 4.88 Å². The molecule has 0 radical (unpaired) electrons. The van der Waals surface area contributed by atoms with Crippen LogP contribution in [0, 0.1) is 30.4 Å². The summed E-state index contributed by atoms with van der Waals surface area (Å²) in [6.45, 7) is 3.82. The summed E-state index contributed by atoms with van der Waals surface area (Å²) in [5.41, 5.74) is 2.05. The third-order valence-corrected chi connectivity index (χ3v) is 3.98. The first-order chi connectivity index (χ1) is 9.04. The number of hydrogen-bond acceptors (Lipinski definition) is 6. The summed E-state index contributed by atoms with van der Waals surface area (Å²) in [6.07, 6.45) is 0. The molecule has 1 aromatic carbocycles. The van der Waals surface area contributed by atoms with Crippen LogP contribution >= 0.6 is 11.3 Å². The molecule has 0 aliphatic rings. The second-order valence-corrected chi connectivity index (χ2v) is 5.24. The van der Waals surface area contributed by atoms with Crippen molar-refractivity contribution in [3.63, 3.8) is 0 Å².